The highest BCUT2D eigenvalue weighted by molar-refractivity contribution is 7.22. The number of methoxy groups -OCH3 is 1. The van der Waals surface area contributed by atoms with Gasteiger partial charge >= 0.3 is 0 Å². The smallest absolute Gasteiger partial charge is 0.225 e. The Labute approximate surface area is 199 Å². The molecule has 174 valence electrons. The molecule has 2 aliphatic heterocycles. The number of ether oxygens (including phenoxy) is 1. The average Bonchev–Trinajstić information content (AvgIpc) is 3.28. The fraction of sp³-hybridized carbons (Fsp3) is 0.462. The van der Waals surface area contributed by atoms with E-state index in [1.807, 2.05) is 12.1 Å². The number of aryl methyl sites for hydroxylation is 2. The highest BCUT2D eigenvalue weighted by atomic mass is 32.1. The van der Waals surface area contributed by atoms with Gasteiger partial charge in [-0.1, -0.05) is 17.4 Å². The Kier molecular flexibility index (Phi) is 6.15. The summed E-state index contributed by atoms with van der Waals surface area (Å²) >= 11 is 1.78. The normalized spacial score (nSPS) is 17.6. The first-order valence-corrected chi connectivity index (χ1v) is 12.6. The van der Waals surface area contributed by atoms with Crippen LogP contribution in [-0.2, 0) is 4.79 Å². The summed E-state index contributed by atoms with van der Waals surface area (Å²) in [4.78, 5) is 24.9. The second-order valence-corrected chi connectivity index (χ2v) is 10.2. The number of amides is 1. The van der Waals surface area contributed by atoms with Crippen molar-refractivity contribution >= 4 is 38.3 Å². The SMILES string of the molecule is COc1ccc(N2CCN(C(=O)C3CCN(c4nc5c(C)cc(C)cc5s4)CC3)CC2)cc1. The van der Waals surface area contributed by atoms with E-state index in [9.17, 15) is 4.79 Å². The van der Waals surface area contributed by atoms with Crippen molar-refractivity contribution in [2.75, 3.05) is 56.2 Å². The van der Waals surface area contributed by atoms with Crippen molar-refractivity contribution in [2.45, 2.75) is 26.7 Å². The fourth-order valence-electron chi connectivity index (χ4n) is 5.05. The van der Waals surface area contributed by atoms with Gasteiger partial charge in [-0.2, -0.15) is 0 Å². The predicted molar refractivity (Wildman–Crippen MR) is 136 cm³/mol. The molecule has 0 unspecified atom stereocenters. The summed E-state index contributed by atoms with van der Waals surface area (Å²) in [6.45, 7) is 9.42. The maximum Gasteiger partial charge on any atom is 0.225 e. The van der Waals surface area contributed by atoms with Crippen LogP contribution in [0.15, 0.2) is 36.4 Å². The quantitative estimate of drug-likeness (QED) is 0.570. The minimum Gasteiger partial charge on any atom is -0.497 e. The van der Waals surface area contributed by atoms with E-state index in [2.05, 4.69) is 52.8 Å². The number of rotatable bonds is 4. The molecule has 0 saturated carbocycles. The van der Waals surface area contributed by atoms with E-state index in [0.717, 1.165) is 68.5 Å². The molecule has 0 bridgehead atoms. The van der Waals surface area contributed by atoms with E-state index in [4.69, 9.17) is 9.72 Å². The number of anilines is 2. The first-order valence-electron chi connectivity index (χ1n) is 11.8. The molecule has 5 rings (SSSR count). The number of carbonyl (C=O) groups is 1. The topological polar surface area (TPSA) is 48.9 Å². The van der Waals surface area contributed by atoms with Crippen LogP contribution < -0.4 is 14.5 Å². The summed E-state index contributed by atoms with van der Waals surface area (Å²) in [5.41, 5.74) is 4.84. The van der Waals surface area contributed by atoms with Crippen molar-refractivity contribution in [1.29, 1.82) is 0 Å². The van der Waals surface area contributed by atoms with Crippen molar-refractivity contribution in [3.05, 3.63) is 47.5 Å². The zero-order valence-electron chi connectivity index (χ0n) is 19.7. The molecule has 2 aromatic carbocycles. The summed E-state index contributed by atoms with van der Waals surface area (Å²) in [6, 6.07) is 12.6. The minimum atomic E-state index is 0.132. The molecule has 2 aliphatic rings. The second kappa shape index (κ2) is 9.21. The van der Waals surface area contributed by atoms with Crippen LogP contribution in [0.2, 0.25) is 0 Å². The lowest BCUT2D eigenvalue weighted by Gasteiger charge is -2.39. The molecule has 0 aliphatic carbocycles. The maximum absolute atomic E-state index is 13.2. The molecule has 0 spiro atoms. The third-order valence-electron chi connectivity index (χ3n) is 6.96. The van der Waals surface area contributed by atoms with Crippen LogP contribution in [0.3, 0.4) is 0 Å². The molecule has 33 heavy (non-hydrogen) atoms. The molecule has 0 atom stereocenters. The van der Waals surface area contributed by atoms with E-state index >= 15 is 0 Å². The summed E-state index contributed by atoms with van der Waals surface area (Å²) in [7, 11) is 1.69. The lowest BCUT2D eigenvalue weighted by Crippen LogP contribution is -2.51. The summed E-state index contributed by atoms with van der Waals surface area (Å²) in [6.07, 6.45) is 1.82. The van der Waals surface area contributed by atoms with Gasteiger partial charge in [0.15, 0.2) is 5.13 Å². The van der Waals surface area contributed by atoms with Gasteiger partial charge in [0.25, 0.3) is 0 Å². The van der Waals surface area contributed by atoms with E-state index in [1.165, 1.54) is 21.5 Å². The van der Waals surface area contributed by atoms with E-state index in [0.29, 0.717) is 5.91 Å². The van der Waals surface area contributed by atoms with E-state index in [-0.39, 0.29) is 5.92 Å². The number of piperidine rings is 1. The monoisotopic (exact) mass is 464 g/mol. The van der Waals surface area contributed by atoms with Crippen LogP contribution in [0, 0.1) is 19.8 Å². The van der Waals surface area contributed by atoms with Gasteiger partial charge in [-0.15, -0.1) is 0 Å². The molecule has 2 fully saturated rings. The Bertz CT molecular complexity index is 1130. The number of nitrogens with zero attached hydrogens (tertiary/aromatic N) is 4. The molecule has 2 saturated heterocycles. The van der Waals surface area contributed by atoms with Crippen LogP contribution in [0.25, 0.3) is 10.2 Å². The summed E-state index contributed by atoms with van der Waals surface area (Å²) < 4.78 is 6.51. The molecular weight excluding hydrogens is 432 g/mol. The lowest BCUT2D eigenvalue weighted by molar-refractivity contribution is -0.136. The molecule has 1 aromatic heterocycles. The van der Waals surface area contributed by atoms with Gasteiger partial charge < -0.3 is 19.4 Å². The Morgan fingerprint density at radius 1 is 0.970 bits per heavy atom. The van der Waals surface area contributed by atoms with Gasteiger partial charge in [0, 0.05) is 50.9 Å². The molecule has 0 N–H and O–H groups in total. The van der Waals surface area contributed by atoms with Crippen LogP contribution in [-0.4, -0.2) is 62.2 Å². The first kappa shape index (κ1) is 22.0. The highest BCUT2D eigenvalue weighted by Crippen LogP contribution is 2.34. The third kappa shape index (κ3) is 4.51. The number of carbonyl (C=O) groups excluding carboxylic acids is 1. The van der Waals surface area contributed by atoms with E-state index < -0.39 is 0 Å². The van der Waals surface area contributed by atoms with Gasteiger partial charge in [-0.25, -0.2) is 4.98 Å². The van der Waals surface area contributed by atoms with Gasteiger partial charge in [-0.05, 0) is 68.1 Å². The molecule has 0 radical (unpaired) electrons. The van der Waals surface area contributed by atoms with Crippen molar-refractivity contribution < 1.29 is 9.53 Å². The van der Waals surface area contributed by atoms with Crippen LogP contribution in [0.5, 0.6) is 5.75 Å². The Morgan fingerprint density at radius 3 is 2.33 bits per heavy atom. The number of benzene rings is 2. The number of aromatic nitrogens is 1. The van der Waals surface area contributed by atoms with Crippen molar-refractivity contribution in [3.63, 3.8) is 0 Å². The first-order chi connectivity index (χ1) is 16.0. The third-order valence-corrected chi connectivity index (χ3v) is 8.03. The lowest BCUT2D eigenvalue weighted by atomic mass is 9.95. The van der Waals surface area contributed by atoms with Gasteiger partial charge in [0.1, 0.15) is 5.75 Å². The Hall–Kier alpha value is -2.80. The fourth-order valence-corrected chi connectivity index (χ4v) is 6.24. The van der Waals surface area contributed by atoms with E-state index in [1.54, 1.807) is 18.4 Å². The molecule has 1 amide bonds. The number of thiazole rings is 1. The number of piperazine rings is 1. The molecule has 3 heterocycles. The second-order valence-electron chi connectivity index (χ2n) is 9.20. The summed E-state index contributed by atoms with van der Waals surface area (Å²) in [5.74, 6) is 1.34. The molecule has 6 nitrogen and oxygen atoms in total. The van der Waals surface area contributed by atoms with Crippen molar-refractivity contribution in [3.8, 4) is 5.75 Å². The van der Waals surface area contributed by atoms with Gasteiger partial charge in [-0.3, -0.25) is 4.79 Å². The van der Waals surface area contributed by atoms with Gasteiger partial charge in [0.05, 0.1) is 17.3 Å². The van der Waals surface area contributed by atoms with Crippen LogP contribution in [0.4, 0.5) is 10.8 Å². The van der Waals surface area contributed by atoms with Crippen LogP contribution in [0.1, 0.15) is 24.0 Å². The number of fused-ring (bicyclic) bond motifs is 1. The van der Waals surface area contributed by atoms with Crippen molar-refractivity contribution in [2.24, 2.45) is 5.92 Å². The highest BCUT2D eigenvalue weighted by Gasteiger charge is 2.31. The Balaban J connectivity index is 1.15. The number of hydrogen-bond donors (Lipinski definition) is 0. The number of hydrogen-bond acceptors (Lipinski definition) is 6. The maximum atomic E-state index is 13.2. The Morgan fingerprint density at radius 2 is 1.67 bits per heavy atom. The minimum absolute atomic E-state index is 0.132. The largest absolute Gasteiger partial charge is 0.497 e. The summed E-state index contributed by atoms with van der Waals surface area (Å²) in [5, 5.41) is 1.10. The zero-order valence-corrected chi connectivity index (χ0v) is 20.5. The molecule has 7 heteroatoms. The zero-order chi connectivity index (χ0) is 22.9. The van der Waals surface area contributed by atoms with Gasteiger partial charge in [0.2, 0.25) is 5.91 Å². The van der Waals surface area contributed by atoms with Crippen LogP contribution >= 0.6 is 11.3 Å². The average molecular weight is 465 g/mol. The standard InChI is InChI=1S/C26H32N4O2S/c1-18-16-19(2)24-23(17-18)33-26(27-24)30-10-8-20(9-11-30)25(31)29-14-12-28(13-15-29)21-4-6-22(32-3)7-5-21/h4-7,16-17,20H,8-15H2,1-3H3. The molecule has 3 aromatic rings. The van der Waals surface area contributed by atoms with Crippen molar-refractivity contribution in [1.82, 2.24) is 9.88 Å². The molecular formula is C26H32N4O2S. The predicted octanol–water partition coefficient (Wildman–Crippen LogP) is 4.49.